The number of fused-ring (bicyclic) bond motifs is 1. The van der Waals surface area contributed by atoms with Crippen LogP contribution in [-0.4, -0.2) is 31.5 Å². The number of aromatic amines is 1. The largest absolute Gasteiger partial charge is 0.465 e. The van der Waals surface area contributed by atoms with Gasteiger partial charge in [0.25, 0.3) is 5.56 Å². The number of esters is 1. The predicted molar refractivity (Wildman–Crippen MR) is 98.4 cm³/mol. The quantitative estimate of drug-likeness (QED) is 0.683. The van der Waals surface area contributed by atoms with Crippen LogP contribution in [0.3, 0.4) is 0 Å². The number of thiophene rings is 1. The normalized spacial score (nSPS) is 11.7. The molecule has 0 saturated heterocycles. The summed E-state index contributed by atoms with van der Waals surface area (Å²) < 4.78 is 29.8. The van der Waals surface area contributed by atoms with Crippen LogP contribution in [0.2, 0.25) is 0 Å². The van der Waals surface area contributed by atoms with Crippen molar-refractivity contribution in [2.75, 3.05) is 7.11 Å². The van der Waals surface area contributed by atoms with Crippen molar-refractivity contribution in [1.29, 1.82) is 0 Å². The Bertz CT molecular complexity index is 1160. The summed E-state index contributed by atoms with van der Waals surface area (Å²) in [4.78, 5) is 31.7. The molecule has 2 heterocycles. The van der Waals surface area contributed by atoms with Crippen LogP contribution in [0.4, 0.5) is 0 Å². The number of nitrogens with zero attached hydrogens (tertiary/aromatic N) is 1. The van der Waals surface area contributed by atoms with Gasteiger partial charge in [0, 0.05) is 0 Å². The first-order chi connectivity index (χ1) is 12.2. The molecule has 0 spiro atoms. The second-order valence-corrected chi connectivity index (χ2v) is 8.80. The van der Waals surface area contributed by atoms with E-state index in [2.05, 4.69) is 9.97 Å². The Hall–Kier alpha value is -2.52. The van der Waals surface area contributed by atoms with Crippen LogP contribution in [0.25, 0.3) is 10.2 Å². The lowest BCUT2D eigenvalue weighted by Crippen LogP contribution is -2.15. The zero-order valence-corrected chi connectivity index (χ0v) is 16.0. The fourth-order valence-corrected chi connectivity index (χ4v) is 4.89. The Morgan fingerprint density at radius 1 is 1.23 bits per heavy atom. The predicted octanol–water partition coefficient (Wildman–Crippen LogP) is 2.36. The Kier molecular flexibility index (Phi) is 4.68. The van der Waals surface area contributed by atoms with Gasteiger partial charge in [-0.1, -0.05) is 17.7 Å². The van der Waals surface area contributed by atoms with Gasteiger partial charge >= 0.3 is 5.97 Å². The molecule has 1 N–H and O–H groups in total. The van der Waals surface area contributed by atoms with Gasteiger partial charge in [-0.3, -0.25) is 4.79 Å². The highest BCUT2D eigenvalue weighted by Gasteiger charge is 2.22. The van der Waals surface area contributed by atoms with Crippen molar-refractivity contribution in [3.05, 3.63) is 56.4 Å². The molecule has 3 aromatic rings. The minimum absolute atomic E-state index is 0.0285. The SMILES string of the molecule is COC(=O)c1sc2nc(CS(=O)(=O)c3ccc(C)cc3)[nH]c(=O)c2c1C. The molecule has 9 heteroatoms. The molecule has 1 aromatic carbocycles. The highest BCUT2D eigenvalue weighted by atomic mass is 32.2. The van der Waals surface area contributed by atoms with E-state index in [4.69, 9.17) is 4.74 Å². The maximum atomic E-state index is 12.6. The fourth-order valence-electron chi connectivity index (χ4n) is 2.55. The lowest BCUT2D eigenvalue weighted by atomic mass is 10.2. The molecule has 7 nitrogen and oxygen atoms in total. The average molecular weight is 392 g/mol. The third-order valence-corrected chi connectivity index (χ3v) is 6.74. The summed E-state index contributed by atoms with van der Waals surface area (Å²) in [5, 5.41) is 0.270. The number of sulfone groups is 1. The van der Waals surface area contributed by atoms with Gasteiger partial charge in [0.1, 0.15) is 21.3 Å². The molecule has 0 aliphatic carbocycles. The molecule has 3 rings (SSSR count). The number of ether oxygens (including phenoxy) is 1. The molecular formula is C17H16N2O5S2. The van der Waals surface area contributed by atoms with E-state index in [1.807, 2.05) is 6.92 Å². The number of benzene rings is 1. The number of rotatable bonds is 4. The Morgan fingerprint density at radius 2 is 1.88 bits per heavy atom. The monoisotopic (exact) mass is 392 g/mol. The van der Waals surface area contributed by atoms with Crippen LogP contribution in [0.5, 0.6) is 0 Å². The van der Waals surface area contributed by atoms with E-state index in [1.54, 1.807) is 19.1 Å². The van der Waals surface area contributed by atoms with Crippen LogP contribution >= 0.6 is 11.3 Å². The van der Waals surface area contributed by atoms with E-state index in [0.717, 1.165) is 16.9 Å². The first-order valence-corrected chi connectivity index (χ1v) is 10.1. The number of nitrogens with one attached hydrogen (secondary N) is 1. The number of hydrogen-bond donors (Lipinski definition) is 1. The summed E-state index contributed by atoms with van der Waals surface area (Å²) in [5.74, 6) is -0.967. The van der Waals surface area contributed by atoms with Gasteiger partial charge in [0.15, 0.2) is 9.84 Å². The summed E-state index contributed by atoms with van der Waals surface area (Å²) in [7, 11) is -2.41. The number of carbonyl (C=O) groups is 1. The summed E-state index contributed by atoms with van der Waals surface area (Å²) in [6, 6.07) is 6.45. The van der Waals surface area contributed by atoms with E-state index < -0.39 is 27.1 Å². The minimum atomic E-state index is -3.66. The lowest BCUT2D eigenvalue weighted by Gasteiger charge is -2.05. The van der Waals surface area contributed by atoms with E-state index in [0.29, 0.717) is 10.4 Å². The number of methoxy groups -OCH3 is 1. The van der Waals surface area contributed by atoms with Gasteiger partial charge in [0.2, 0.25) is 0 Å². The Labute approximate surface area is 153 Å². The molecule has 0 unspecified atom stereocenters. The number of aryl methyl sites for hydroxylation is 2. The average Bonchev–Trinajstić information content (AvgIpc) is 2.91. The third-order valence-electron chi connectivity index (χ3n) is 3.93. The smallest absolute Gasteiger partial charge is 0.348 e. The molecule has 2 aromatic heterocycles. The number of hydrogen-bond acceptors (Lipinski definition) is 7. The van der Waals surface area contributed by atoms with Crippen LogP contribution in [0, 0.1) is 13.8 Å². The third kappa shape index (κ3) is 3.27. The van der Waals surface area contributed by atoms with E-state index >= 15 is 0 Å². The maximum Gasteiger partial charge on any atom is 0.348 e. The second kappa shape index (κ2) is 6.65. The van der Waals surface area contributed by atoms with Gasteiger partial charge in [0.05, 0.1) is 17.4 Å². The number of aromatic nitrogens is 2. The Balaban J connectivity index is 2.05. The molecule has 0 radical (unpaired) electrons. The first-order valence-electron chi connectivity index (χ1n) is 7.63. The van der Waals surface area contributed by atoms with Crippen LogP contribution in [-0.2, 0) is 20.3 Å². The van der Waals surface area contributed by atoms with Crippen molar-refractivity contribution >= 4 is 37.4 Å². The standard InChI is InChI=1S/C17H16N2O5S2/c1-9-4-6-11(7-5-9)26(22,23)8-12-18-15(20)13-10(2)14(17(21)24-3)25-16(13)19-12/h4-7H,8H2,1-3H3,(H,18,19,20). The zero-order valence-electron chi connectivity index (χ0n) is 14.3. The summed E-state index contributed by atoms with van der Waals surface area (Å²) >= 11 is 1.01. The molecule has 136 valence electrons. The van der Waals surface area contributed by atoms with Crippen LogP contribution in [0.15, 0.2) is 34.0 Å². The maximum absolute atomic E-state index is 12.6. The van der Waals surface area contributed by atoms with E-state index in [9.17, 15) is 18.0 Å². The van der Waals surface area contributed by atoms with Crippen molar-refractivity contribution in [3.63, 3.8) is 0 Å². The molecule has 0 aliphatic rings. The van der Waals surface area contributed by atoms with Crippen molar-refractivity contribution in [2.45, 2.75) is 24.5 Å². The molecule has 0 amide bonds. The summed E-state index contributed by atoms with van der Waals surface area (Å²) in [5.41, 5.74) is 0.938. The van der Waals surface area contributed by atoms with E-state index in [-0.39, 0.29) is 21.0 Å². The molecule has 0 saturated carbocycles. The zero-order chi connectivity index (χ0) is 19.1. The van der Waals surface area contributed by atoms with Crippen molar-refractivity contribution < 1.29 is 17.9 Å². The van der Waals surface area contributed by atoms with Gasteiger partial charge in [-0.05, 0) is 31.5 Å². The van der Waals surface area contributed by atoms with Crippen molar-refractivity contribution in [3.8, 4) is 0 Å². The minimum Gasteiger partial charge on any atom is -0.465 e. The van der Waals surface area contributed by atoms with Crippen LogP contribution < -0.4 is 5.56 Å². The highest BCUT2D eigenvalue weighted by Crippen LogP contribution is 2.28. The number of carbonyl (C=O) groups excluding carboxylic acids is 1. The van der Waals surface area contributed by atoms with E-state index in [1.165, 1.54) is 19.2 Å². The van der Waals surface area contributed by atoms with Crippen molar-refractivity contribution in [2.24, 2.45) is 0 Å². The molecule has 0 fully saturated rings. The van der Waals surface area contributed by atoms with Gasteiger partial charge < -0.3 is 9.72 Å². The second-order valence-electron chi connectivity index (χ2n) is 5.81. The van der Waals surface area contributed by atoms with Gasteiger partial charge in [-0.15, -0.1) is 11.3 Å². The Morgan fingerprint density at radius 3 is 2.50 bits per heavy atom. The first kappa shape index (κ1) is 18.3. The van der Waals surface area contributed by atoms with Gasteiger partial charge in [-0.2, -0.15) is 0 Å². The lowest BCUT2D eigenvalue weighted by molar-refractivity contribution is 0.0605. The molecule has 26 heavy (non-hydrogen) atoms. The fraction of sp³-hybridized carbons (Fsp3) is 0.235. The summed E-state index contributed by atoms with van der Waals surface area (Å²) in [6.45, 7) is 3.49. The molecular weight excluding hydrogens is 376 g/mol. The van der Waals surface area contributed by atoms with Gasteiger partial charge in [-0.25, -0.2) is 18.2 Å². The molecule has 0 aliphatic heterocycles. The topological polar surface area (TPSA) is 106 Å². The van der Waals surface area contributed by atoms with Crippen molar-refractivity contribution in [1.82, 2.24) is 9.97 Å². The highest BCUT2D eigenvalue weighted by molar-refractivity contribution is 7.90. The molecule has 0 bridgehead atoms. The summed E-state index contributed by atoms with van der Waals surface area (Å²) in [6.07, 6.45) is 0. The molecule has 0 atom stereocenters. The number of H-pyrrole nitrogens is 1. The van der Waals surface area contributed by atoms with Crippen LogP contribution in [0.1, 0.15) is 26.6 Å².